The van der Waals surface area contributed by atoms with Gasteiger partial charge in [-0.15, -0.1) is 0 Å². The molecule has 0 saturated heterocycles. The SMILES string of the molecule is CCN(CC)c1ccc(C=Nc2ccc(/C=C/c3c4ccccc4cc4ccccc34)cc2)c(O)c1. The van der Waals surface area contributed by atoms with E-state index in [1.807, 2.05) is 24.3 Å². The third kappa shape index (κ3) is 4.87. The van der Waals surface area contributed by atoms with Crippen LogP contribution in [0.15, 0.2) is 102 Å². The standard InChI is InChI=1S/C33H30N2O/c1-3-35(4-2)29-19-16-27(33(36)22-29)23-34-28-17-13-24(14-18-28)15-20-32-30-11-7-5-9-25(30)21-26-10-6-8-12-31(26)32/h5-23,36H,3-4H2,1-2H3/b20-15+,34-23?. The van der Waals surface area contributed by atoms with Crippen molar-refractivity contribution in [1.29, 1.82) is 0 Å². The highest BCUT2D eigenvalue weighted by Gasteiger charge is 2.06. The highest BCUT2D eigenvalue weighted by molar-refractivity contribution is 6.07. The molecule has 0 unspecified atom stereocenters. The van der Waals surface area contributed by atoms with Crippen molar-refractivity contribution < 1.29 is 5.11 Å². The minimum absolute atomic E-state index is 0.241. The third-order valence-corrected chi connectivity index (χ3v) is 6.64. The molecule has 0 fully saturated rings. The van der Waals surface area contributed by atoms with Gasteiger partial charge in [-0.05, 0) is 76.9 Å². The van der Waals surface area contributed by atoms with E-state index in [2.05, 4.69) is 103 Å². The van der Waals surface area contributed by atoms with Crippen LogP contribution in [-0.2, 0) is 0 Å². The minimum atomic E-state index is 0.241. The number of hydrogen-bond acceptors (Lipinski definition) is 3. The van der Waals surface area contributed by atoms with E-state index in [-0.39, 0.29) is 5.75 Å². The Morgan fingerprint density at radius 1 is 0.722 bits per heavy atom. The summed E-state index contributed by atoms with van der Waals surface area (Å²) in [6, 6.07) is 33.2. The van der Waals surface area contributed by atoms with Crippen molar-refractivity contribution in [2.24, 2.45) is 4.99 Å². The molecule has 5 aromatic rings. The Bertz CT molecular complexity index is 1510. The number of aliphatic imine (C=N–C) groups is 1. The van der Waals surface area contributed by atoms with Crippen molar-refractivity contribution in [3.05, 3.63) is 114 Å². The fraction of sp³-hybridized carbons (Fsp3) is 0.121. The van der Waals surface area contributed by atoms with Gasteiger partial charge in [0.2, 0.25) is 0 Å². The number of aromatic hydroxyl groups is 1. The highest BCUT2D eigenvalue weighted by Crippen LogP contribution is 2.30. The zero-order valence-corrected chi connectivity index (χ0v) is 20.7. The molecule has 3 nitrogen and oxygen atoms in total. The van der Waals surface area contributed by atoms with Gasteiger partial charge in [-0.25, -0.2) is 0 Å². The van der Waals surface area contributed by atoms with Crippen molar-refractivity contribution in [3.8, 4) is 5.75 Å². The molecule has 0 bridgehead atoms. The first kappa shape index (κ1) is 23.4. The van der Waals surface area contributed by atoms with Gasteiger partial charge in [0, 0.05) is 36.6 Å². The van der Waals surface area contributed by atoms with E-state index in [9.17, 15) is 5.11 Å². The fourth-order valence-corrected chi connectivity index (χ4v) is 4.65. The largest absolute Gasteiger partial charge is 0.507 e. The molecule has 178 valence electrons. The predicted octanol–water partition coefficient (Wildman–Crippen LogP) is 8.47. The third-order valence-electron chi connectivity index (χ3n) is 6.64. The van der Waals surface area contributed by atoms with Gasteiger partial charge in [0.05, 0.1) is 5.69 Å². The van der Waals surface area contributed by atoms with Gasteiger partial charge in [-0.3, -0.25) is 4.99 Å². The van der Waals surface area contributed by atoms with E-state index < -0.39 is 0 Å². The lowest BCUT2D eigenvalue weighted by Crippen LogP contribution is -2.21. The lowest BCUT2D eigenvalue weighted by molar-refractivity contribution is 0.474. The predicted molar refractivity (Wildman–Crippen MR) is 156 cm³/mol. The molecule has 0 aliphatic carbocycles. The summed E-state index contributed by atoms with van der Waals surface area (Å²) in [4.78, 5) is 6.77. The Hall–Kier alpha value is -4.37. The second-order valence-corrected chi connectivity index (χ2v) is 8.83. The number of fused-ring (bicyclic) bond motifs is 2. The molecule has 0 radical (unpaired) electrons. The van der Waals surface area contributed by atoms with Crippen LogP contribution in [0, 0.1) is 0 Å². The van der Waals surface area contributed by atoms with Crippen LogP contribution in [0.2, 0.25) is 0 Å². The van der Waals surface area contributed by atoms with E-state index >= 15 is 0 Å². The van der Waals surface area contributed by atoms with Crippen LogP contribution in [0.5, 0.6) is 5.75 Å². The Morgan fingerprint density at radius 3 is 1.97 bits per heavy atom. The number of phenols is 1. The smallest absolute Gasteiger partial charge is 0.126 e. The van der Waals surface area contributed by atoms with Gasteiger partial charge in [0.1, 0.15) is 5.75 Å². The fourth-order valence-electron chi connectivity index (χ4n) is 4.65. The van der Waals surface area contributed by atoms with Crippen LogP contribution in [0.25, 0.3) is 33.7 Å². The van der Waals surface area contributed by atoms with Crippen LogP contribution in [-0.4, -0.2) is 24.4 Å². The van der Waals surface area contributed by atoms with Gasteiger partial charge in [0.15, 0.2) is 0 Å². The molecule has 0 amide bonds. The van der Waals surface area contributed by atoms with Crippen molar-refractivity contribution in [3.63, 3.8) is 0 Å². The number of anilines is 1. The average Bonchev–Trinajstić information content (AvgIpc) is 2.92. The topological polar surface area (TPSA) is 35.8 Å². The quantitative estimate of drug-likeness (QED) is 0.147. The van der Waals surface area contributed by atoms with E-state index in [1.165, 1.54) is 27.1 Å². The van der Waals surface area contributed by atoms with E-state index in [4.69, 9.17) is 0 Å². The van der Waals surface area contributed by atoms with E-state index in [1.54, 1.807) is 12.3 Å². The molecule has 0 saturated carbocycles. The normalized spacial score (nSPS) is 11.7. The van der Waals surface area contributed by atoms with Gasteiger partial charge >= 0.3 is 0 Å². The van der Waals surface area contributed by atoms with Crippen LogP contribution in [0.4, 0.5) is 11.4 Å². The van der Waals surface area contributed by atoms with Gasteiger partial charge in [0.25, 0.3) is 0 Å². The molecule has 0 heterocycles. The second-order valence-electron chi connectivity index (χ2n) is 8.83. The summed E-state index contributed by atoms with van der Waals surface area (Å²) in [5, 5.41) is 15.4. The Kier molecular flexibility index (Phi) is 6.81. The molecule has 5 rings (SSSR count). The number of rotatable bonds is 7. The van der Waals surface area contributed by atoms with E-state index in [0.717, 1.165) is 30.0 Å². The Labute approximate surface area is 212 Å². The summed E-state index contributed by atoms with van der Waals surface area (Å²) in [7, 11) is 0. The molecular weight excluding hydrogens is 440 g/mol. The summed E-state index contributed by atoms with van der Waals surface area (Å²) in [6.07, 6.45) is 6.08. The summed E-state index contributed by atoms with van der Waals surface area (Å²) in [6.45, 7) is 6.03. The van der Waals surface area contributed by atoms with Crippen LogP contribution < -0.4 is 4.90 Å². The molecule has 36 heavy (non-hydrogen) atoms. The first-order valence-corrected chi connectivity index (χ1v) is 12.5. The van der Waals surface area contributed by atoms with E-state index in [0.29, 0.717) is 5.56 Å². The number of hydrogen-bond donors (Lipinski definition) is 1. The average molecular weight is 471 g/mol. The van der Waals surface area contributed by atoms with Crippen LogP contribution >= 0.6 is 0 Å². The first-order valence-electron chi connectivity index (χ1n) is 12.5. The molecule has 0 spiro atoms. The van der Waals surface area contributed by atoms with Crippen LogP contribution in [0.3, 0.4) is 0 Å². The number of phenolic OH excluding ortho intramolecular Hbond substituents is 1. The lowest BCUT2D eigenvalue weighted by Gasteiger charge is -2.21. The van der Waals surface area contributed by atoms with Gasteiger partial charge in [-0.1, -0.05) is 72.8 Å². The zero-order chi connectivity index (χ0) is 24.9. The molecule has 0 atom stereocenters. The van der Waals surface area contributed by atoms with Crippen molar-refractivity contribution >= 4 is 51.3 Å². The Morgan fingerprint density at radius 2 is 1.36 bits per heavy atom. The van der Waals surface area contributed by atoms with Crippen molar-refractivity contribution in [1.82, 2.24) is 0 Å². The monoisotopic (exact) mass is 470 g/mol. The summed E-state index contributed by atoms with van der Waals surface area (Å²) in [5.41, 5.74) is 4.91. The molecule has 5 aromatic carbocycles. The molecular formula is C33H30N2O. The number of benzene rings is 5. The van der Waals surface area contributed by atoms with Crippen LogP contribution in [0.1, 0.15) is 30.5 Å². The zero-order valence-electron chi connectivity index (χ0n) is 20.7. The summed E-state index contributed by atoms with van der Waals surface area (Å²) in [5.74, 6) is 0.241. The Balaban J connectivity index is 1.37. The molecule has 0 aliphatic rings. The summed E-state index contributed by atoms with van der Waals surface area (Å²) >= 11 is 0. The highest BCUT2D eigenvalue weighted by atomic mass is 16.3. The summed E-state index contributed by atoms with van der Waals surface area (Å²) < 4.78 is 0. The lowest BCUT2D eigenvalue weighted by atomic mass is 9.96. The van der Waals surface area contributed by atoms with Gasteiger partial charge in [-0.2, -0.15) is 0 Å². The van der Waals surface area contributed by atoms with Crippen molar-refractivity contribution in [2.45, 2.75) is 13.8 Å². The molecule has 1 N–H and O–H groups in total. The van der Waals surface area contributed by atoms with Crippen molar-refractivity contribution in [2.75, 3.05) is 18.0 Å². The molecule has 0 aromatic heterocycles. The molecule has 3 heteroatoms. The number of nitrogens with zero attached hydrogens (tertiary/aromatic N) is 2. The maximum absolute atomic E-state index is 10.5. The maximum Gasteiger partial charge on any atom is 0.126 e. The maximum atomic E-state index is 10.5. The second kappa shape index (κ2) is 10.5. The molecule has 0 aliphatic heterocycles. The first-order chi connectivity index (χ1) is 17.7. The van der Waals surface area contributed by atoms with Gasteiger partial charge < -0.3 is 10.0 Å². The minimum Gasteiger partial charge on any atom is -0.507 e.